The summed E-state index contributed by atoms with van der Waals surface area (Å²) in [5.41, 5.74) is 10.4. The van der Waals surface area contributed by atoms with Gasteiger partial charge < -0.3 is 5.73 Å². The van der Waals surface area contributed by atoms with Crippen LogP contribution in [-0.4, -0.2) is 34.3 Å². The summed E-state index contributed by atoms with van der Waals surface area (Å²) in [7, 11) is 0. The Kier molecular flexibility index (Phi) is 4.20. The van der Waals surface area contributed by atoms with E-state index in [4.69, 9.17) is 10.7 Å². The van der Waals surface area contributed by atoms with Crippen molar-refractivity contribution in [3.63, 3.8) is 0 Å². The summed E-state index contributed by atoms with van der Waals surface area (Å²) in [5.74, 6) is -0.0409. The van der Waals surface area contributed by atoms with E-state index < -0.39 is 0 Å². The van der Waals surface area contributed by atoms with Gasteiger partial charge in [-0.15, -0.1) is 5.10 Å². The molecule has 9 heteroatoms. The molecule has 8 nitrogen and oxygen atoms in total. The van der Waals surface area contributed by atoms with Crippen molar-refractivity contribution < 1.29 is 4.39 Å². The normalized spacial score (nSPS) is 12.3. The third kappa shape index (κ3) is 3.26. The fourth-order valence-electron chi connectivity index (χ4n) is 3.28. The number of nitrogen functional groups attached to an aromatic ring is 1. The Morgan fingerprint density at radius 3 is 2.53 bits per heavy atom. The minimum atomic E-state index is -0.258. The Morgan fingerprint density at radius 1 is 0.967 bits per heavy atom. The summed E-state index contributed by atoms with van der Waals surface area (Å²) in [6.45, 7) is 2.01. The van der Waals surface area contributed by atoms with Gasteiger partial charge >= 0.3 is 0 Å². The predicted molar refractivity (Wildman–Crippen MR) is 110 cm³/mol. The van der Waals surface area contributed by atoms with Gasteiger partial charge in [-0.25, -0.2) is 13.9 Å². The summed E-state index contributed by atoms with van der Waals surface area (Å²) in [4.78, 5) is 13.2. The number of anilines is 1. The number of halogens is 1. The maximum atomic E-state index is 13.2. The van der Waals surface area contributed by atoms with Gasteiger partial charge in [0.2, 0.25) is 5.95 Å². The molecule has 0 aliphatic heterocycles. The van der Waals surface area contributed by atoms with E-state index in [2.05, 4.69) is 20.2 Å². The number of aromatic nitrogens is 7. The van der Waals surface area contributed by atoms with Crippen LogP contribution in [0.1, 0.15) is 18.5 Å². The van der Waals surface area contributed by atoms with Crippen LogP contribution in [0.5, 0.6) is 0 Å². The summed E-state index contributed by atoms with van der Waals surface area (Å²) in [6.07, 6.45) is 8.83. The zero-order valence-electron chi connectivity index (χ0n) is 16.0. The van der Waals surface area contributed by atoms with Gasteiger partial charge in [0.25, 0.3) is 0 Å². The topological polar surface area (TPSA) is 99.8 Å². The third-order valence-electron chi connectivity index (χ3n) is 4.93. The second-order valence-corrected chi connectivity index (χ2v) is 6.91. The molecule has 0 radical (unpaired) electrons. The molecule has 0 saturated heterocycles. The zero-order chi connectivity index (χ0) is 20.7. The molecule has 0 aliphatic carbocycles. The molecule has 0 spiro atoms. The quantitative estimate of drug-likeness (QED) is 0.496. The molecule has 4 aromatic heterocycles. The van der Waals surface area contributed by atoms with Crippen LogP contribution in [0, 0.1) is 5.82 Å². The van der Waals surface area contributed by atoms with E-state index in [9.17, 15) is 4.39 Å². The summed E-state index contributed by atoms with van der Waals surface area (Å²) >= 11 is 0. The first kappa shape index (κ1) is 17.9. The highest BCUT2D eigenvalue weighted by Gasteiger charge is 2.12. The van der Waals surface area contributed by atoms with Gasteiger partial charge in [-0.1, -0.05) is 12.1 Å². The van der Waals surface area contributed by atoms with Crippen LogP contribution in [0.15, 0.2) is 67.4 Å². The van der Waals surface area contributed by atoms with Crippen LogP contribution >= 0.6 is 0 Å². The van der Waals surface area contributed by atoms with Crippen LogP contribution in [0.2, 0.25) is 0 Å². The van der Waals surface area contributed by atoms with E-state index >= 15 is 0 Å². The molecular weight excluding hydrogens is 383 g/mol. The molecule has 5 aromatic rings. The van der Waals surface area contributed by atoms with E-state index in [0.717, 1.165) is 16.7 Å². The van der Waals surface area contributed by atoms with Crippen molar-refractivity contribution in [3.05, 3.63) is 78.8 Å². The third-order valence-corrected chi connectivity index (χ3v) is 4.93. The van der Waals surface area contributed by atoms with Gasteiger partial charge in [0.1, 0.15) is 5.82 Å². The molecule has 5 rings (SSSR count). The monoisotopic (exact) mass is 400 g/mol. The van der Waals surface area contributed by atoms with Crippen molar-refractivity contribution in [3.8, 4) is 22.5 Å². The second kappa shape index (κ2) is 7.03. The van der Waals surface area contributed by atoms with Gasteiger partial charge in [-0.2, -0.15) is 10.1 Å². The Balaban J connectivity index is 1.46. The van der Waals surface area contributed by atoms with Crippen LogP contribution in [0.3, 0.4) is 0 Å². The molecule has 148 valence electrons. The molecule has 2 N–H and O–H groups in total. The number of nitrogens with two attached hydrogens (primary N) is 1. The zero-order valence-corrected chi connectivity index (χ0v) is 16.0. The summed E-state index contributed by atoms with van der Waals surface area (Å²) in [6, 6.07) is 10.1. The van der Waals surface area contributed by atoms with Crippen molar-refractivity contribution in [2.75, 3.05) is 5.73 Å². The molecule has 0 saturated carbocycles. The van der Waals surface area contributed by atoms with Crippen molar-refractivity contribution in [2.24, 2.45) is 0 Å². The number of nitrogens with zero attached hydrogens (tertiary/aromatic N) is 7. The van der Waals surface area contributed by atoms with Crippen LogP contribution < -0.4 is 5.73 Å². The van der Waals surface area contributed by atoms with Crippen LogP contribution in [0.4, 0.5) is 10.3 Å². The van der Waals surface area contributed by atoms with Crippen molar-refractivity contribution in [2.45, 2.75) is 13.0 Å². The minimum Gasteiger partial charge on any atom is -0.366 e. The van der Waals surface area contributed by atoms with Gasteiger partial charge in [0, 0.05) is 23.5 Å². The average molecular weight is 400 g/mol. The molecule has 0 fully saturated rings. The Hall–Kier alpha value is -4.14. The number of benzene rings is 1. The highest BCUT2D eigenvalue weighted by Crippen LogP contribution is 2.24. The standard InChI is InChI=1S/C21H17FN8/c1-13(14-2-4-17(22)5-3-14)30-12-16(9-25-30)19-11-24-10-18(26-19)15-6-7-29-20(8-15)27-21(23)28-29/h2-13H,1H3,(H2,23,28). The van der Waals surface area contributed by atoms with Crippen molar-refractivity contribution in [1.82, 2.24) is 34.3 Å². The van der Waals surface area contributed by atoms with E-state index in [-0.39, 0.29) is 17.8 Å². The fourth-order valence-corrected chi connectivity index (χ4v) is 3.28. The van der Waals surface area contributed by atoms with E-state index in [1.807, 2.05) is 29.9 Å². The second-order valence-electron chi connectivity index (χ2n) is 6.91. The van der Waals surface area contributed by atoms with Crippen molar-refractivity contribution in [1.29, 1.82) is 0 Å². The fraction of sp³-hybridized carbons (Fsp3) is 0.0952. The molecule has 1 atom stereocenters. The smallest absolute Gasteiger partial charge is 0.240 e. The molecular formula is C21H17FN8. The maximum absolute atomic E-state index is 13.2. The maximum Gasteiger partial charge on any atom is 0.240 e. The lowest BCUT2D eigenvalue weighted by atomic mass is 10.1. The SMILES string of the molecule is CC(c1ccc(F)cc1)n1cc(-c2cncc(-c3ccn4nc(N)nc4c3)n2)cn1. The molecule has 4 heterocycles. The summed E-state index contributed by atoms with van der Waals surface area (Å²) < 4.78 is 16.6. The molecule has 0 aliphatic rings. The first-order valence-corrected chi connectivity index (χ1v) is 9.31. The highest BCUT2D eigenvalue weighted by molar-refractivity contribution is 5.66. The van der Waals surface area contributed by atoms with Crippen LogP contribution in [-0.2, 0) is 0 Å². The Bertz CT molecular complexity index is 1340. The molecule has 1 unspecified atom stereocenters. The minimum absolute atomic E-state index is 0.0451. The first-order valence-electron chi connectivity index (χ1n) is 9.31. The van der Waals surface area contributed by atoms with Gasteiger partial charge in [-0.3, -0.25) is 9.67 Å². The number of hydrogen-bond donors (Lipinski definition) is 1. The van der Waals surface area contributed by atoms with Crippen molar-refractivity contribution >= 4 is 11.6 Å². The largest absolute Gasteiger partial charge is 0.366 e. The Morgan fingerprint density at radius 2 is 1.73 bits per heavy atom. The first-order chi connectivity index (χ1) is 14.6. The molecule has 0 bridgehead atoms. The summed E-state index contributed by atoms with van der Waals surface area (Å²) in [5, 5.41) is 8.53. The van der Waals surface area contributed by atoms with Crippen LogP contribution in [0.25, 0.3) is 28.2 Å². The lowest BCUT2D eigenvalue weighted by molar-refractivity contribution is 0.561. The lowest BCUT2D eigenvalue weighted by Gasteiger charge is -2.12. The molecule has 0 amide bonds. The Labute approximate surface area is 170 Å². The average Bonchev–Trinajstić information content (AvgIpc) is 3.39. The number of pyridine rings is 1. The van der Waals surface area contributed by atoms with Gasteiger partial charge in [0.15, 0.2) is 5.65 Å². The van der Waals surface area contributed by atoms with E-state index in [1.54, 1.807) is 41.4 Å². The molecule has 30 heavy (non-hydrogen) atoms. The van der Waals surface area contributed by atoms with E-state index in [0.29, 0.717) is 17.0 Å². The number of rotatable bonds is 4. The van der Waals surface area contributed by atoms with Gasteiger partial charge in [0.05, 0.1) is 36.0 Å². The van der Waals surface area contributed by atoms with Gasteiger partial charge in [-0.05, 0) is 36.8 Å². The molecule has 1 aromatic carbocycles. The highest BCUT2D eigenvalue weighted by atomic mass is 19.1. The lowest BCUT2D eigenvalue weighted by Crippen LogP contribution is -2.06. The van der Waals surface area contributed by atoms with E-state index in [1.165, 1.54) is 12.1 Å². The predicted octanol–water partition coefficient (Wildman–Crippen LogP) is 3.38. The number of hydrogen-bond acceptors (Lipinski definition) is 6. The number of fused-ring (bicyclic) bond motifs is 1.